The van der Waals surface area contributed by atoms with Crippen molar-refractivity contribution in [1.29, 1.82) is 0 Å². The minimum absolute atomic E-state index is 0.271. The molecule has 2 nitrogen and oxygen atoms in total. The maximum Gasteiger partial charge on any atom is 0.0648 e. The number of benzene rings is 1. The number of rotatable bonds is 5. The molecule has 0 unspecified atom stereocenters. The van der Waals surface area contributed by atoms with Crippen molar-refractivity contribution in [3.8, 4) is 0 Å². The van der Waals surface area contributed by atoms with Gasteiger partial charge in [-0.05, 0) is 32.0 Å². The molecule has 0 aromatic heterocycles. The number of hydrogen-bond donors (Lipinski definition) is 1. The molecule has 1 aromatic carbocycles. The molecular formula is C11H15BrClNO. The van der Waals surface area contributed by atoms with E-state index >= 15 is 0 Å². The highest BCUT2D eigenvalue weighted by atomic mass is 79.9. The highest BCUT2D eigenvalue weighted by Crippen LogP contribution is 2.25. The molecule has 0 saturated heterocycles. The first-order chi connectivity index (χ1) is 7.09. The molecule has 0 radical (unpaired) electrons. The first kappa shape index (κ1) is 12.8. The molecule has 0 bridgehead atoms. The van der Waals surface area contributed by atoms with E-state index in [9.17, 15) is 0 Å². The van der Waals surface area contributed by atoms with Crippen LogP contribution in [0.15, 0.2) is 22.7 Å². The van der Waals surface area contributed by atoms with Gasteiger partial charge in [0.15, 0.2) is 0 Å². The van der Waals surface area contributed by atoms with Crippen LogP contribution in [-0.4, -0.2) is 19.3 Å². The smallest absolute Gasteiger partial charge is 0.0648 e. The fraction of sp³-hybridized carbons (Fsp3) is 0.455. The fourth-order valence-electron chi connectivity index (χ4n) is 1.11. The molecule has 0 aliphatic rings. The molecule has 0 aliphatic carbocycles. The molecule has 0 fully saturated rings. The second kappa shape index (κ2) is 6.36. The van der Waals surface area contributed by atoms with Crippen LogP contribution in [0.2, 0.25) is 5.02 Å². The Kier molecular flexibility index (Phi) is 5.43. The average Bonchev–Trinajstić information content (AvgIpc) is 2.14. The predicted octanol–water partition coefficient (Wildman–Crippen LogP) is 3.94. The SMILES string of the molecule is CC(C)OCCNc1ccc(Br)cc1Cl. The largest absolute Gasteiger partial charge is 0.382 e. The van der Waals surface area contributed by atoms with Crippen molar-refractivity contribution in [2.24, 2.45) is 0 Å². The van der Waals surface area contributed by atoms with Crippen LogP contribution in [0.5, 0.6) is 0 Å². The third-order valence-electron chi connectivity index (χ3n) is 1.80. The molecular weight excluding hydrogens is 277 g/mol. The van der Waals surface area contributed by atoms with Crippen LogP contribution < -0.4 is 5.32 Å². The van der Waals surface area contributed by atoms with Crippen molar-refractivity contribution in [2.45, 2.75) is 20.0 Å². The van der Waals surface area contributed by atoms with Gasteiger partial charge in [0.1, 0.15) is 0 Å². The van der Waals surface area contributed by atoms with E-state index in [1.165, 1.54) is 0 Å². The van der Waals surface area contributed by atoms with Crippen LogP contribution in [0.4, 0.5) is 5.69 Å². The highest BCUT2D eigenvalue weighted by molar-refractivity contribution is 9.10. The van der Waals surface area contributed by atoms with Crippen LogP contribution in [0, 0.1) is 0 Å². The van der Waals surface area contributed by atoms with Crippen molar-refractivity contribution in [2.75, 3.05) is 18.5 Å². The summed E-state index contributed by atoms with van der Waals surface area (Å²) in [6, 6.07) is 5.77. The monoisotopic (exact) mass is 291 g/mol. The quantitative estimate of drug-likeness (QED) is 0.830. The average molecular weight is 293 g/mol. The van der Waals surface area contributed by atoms with Crippen LogP contribution in [-0.2, 0) is 4.74 Å². The lowest BCUT2D eigenvalue weighted by Crippen LogP contribution is -2.13. The Hall–Kier alpha value is -0.250. The Balaban J connectivity index is 2.37. The summed E-state index contributed by atoms with van der Waals surface area (Å²) >= 11 is 9.40. The van der Waals surface area contributed by atoms with E-state index in [-0.39, 0.29) is 6.10 Å². The minimum atomic E-state index is 0.271. The maximum absolute atomic E-state index is 6.04. The van der Waals surface area contributed by atoms with E-state index in [1.54, 1.807) is 0 Å². The Bertz CT molecular complexity index is 317. The molecule has 15 heavy (non-hydrogen) atoms. The molecule has 0 spiro atoms. The summed E-state index contributed by atoms with van der Waals surface area (Å²) in [7, 11) is 0. The van der Waals surface area contributed by atoms with E-state index in [0.717, 1.165) is 16.7 Å². The molecule has 1 rings (SSSR count). The van der Waals surface area contributed by atoms with Gasteiger partial charge in [-0.15, -0.1) is 0 Å². The summed E-state index contributed by atoms with van der Waals surface area (Å²) in [6.45, 7) is 5.49. The van der Waals surface area contributed by atoms with Gasteiger partial charge < -0.3 is 10.1 Å². The Morgan fingerprint density at radius 1 is 1.47 bits per heavy atom. The predicted molar refractivity (Wildman–Crippen MR) is 68.7 cm³/mol. The zero-order valence-corrected chi connectivity index (χ0v) is 11.2. The van der Waals surface area contributed by atoms with Crippen molar-refractivity contribution < 1.29 is 4.74 Å². The molecule has 0 aliphatic heterocycles. The van der Waals surface area contributed by atoms with E-state index in [1.807, 2.05) is 32.0 Å². The molecule has 0 heterocycles. The van der Waals surface area contributed by atoms with Crippen LogP contribution >= 0.6 is 27.5 Å². The zero-order chi connectivity index (χ0) is 11.3. The molecule has 0 atom stereocenters. The maximum atomic E-state index is 6.04. The third-order valence-corrected chi connectivity index (χ3v) is 2.61. The molecule has 84 valence electrons. The molecule has 4 heteroatoms. The zero-order valence-electron chi connectivity index (χ0n) is 8.89. The van der Waals surface area contributed by atoms with E-state index in [0.29, 0.717) is 11.6 Å². The number of ether oxygens (including phenoxy) is 1. The van der Waals surface area contributed by atoms with Gasteiger partial charge >= 0.3 is 0 Å². The second-order valence-electron chi connectivity index (χ2n) is 3.47. The summed E-state index contributed by atoms with van der Waals surface area (Å²) in [4.78, 5) is 0. The Morgan fingerprint density at radius 3 is 2.80 bits per heavy atom. The normalized spacial score (nSPS) is 10.7. The topological polar surface area (TPSA) is 21.3 Å². The summed E-state index contributed by atoms with van der Waals surface area (Å²) in [5, 5.41) is 3.93. The first-order valence-corrected chi connectivity index (χ1v) is 6.07. The standard InChI is InChI=1S/C11H15BrClNO/c1-8(2)15-6-5-14-11-4-3-9(12)7-10(11)13/h3-4,7-8,14H,5-6H2,1-2H3. The molecule has 1 aromatic rings. The third kappa shape index (κ3) is 4.87. The number of nitrogens with one attached hydrogen (secondary N) is 1. The summed E-state index contributed by atoms with van der Waals surface area (Å²) in [5.74, 6) is 0. The number of hydrogen-bond acceptors (Lipinski definition) is 2. The van der Waals surface area contributed by atoms with E-state index in [4.69, 9.17) is 16.3 Å². The van der Waals surface area contributed by atoms with Gasteiger partial charge in [0.2, 0.25) is 0 Å². The van der Waals surface area contributed by atoms with Gasteiger partial charge in [-0.25, -0.2) is 0 Å². The van der Waals surface area contributed by atoms with Gasteiger partial charge in [-0.1, -0.05) is 27.5 Å². The molecule has 0 amide bonds. The summed E-state index contributed by atoms with van der Waals surface area (Å²) < 4.78 is 6.40. The van der Waals surface area contributed by atoms with E-state index in [2.05, 4.69) is 21.2 Å². The molecule has 1 N–H and O–H groups in total. The summed E-state index contributed by atoms with van der Waals surface area (Å²) in [6.07, 6.45) is 0.271. The highest BCUT2D eigenvalue weighted by Gasteiger charge is 2.00. The minimum Gasteiger partial charge on any atom is -0.382 e. The van der Waals surface area contributed by atoms with Crippen molar-refractivity contribution >= 4 is 33.2 Å². The van der Waals surface area contributed by atoms with Crippen LogP contribution in [0.3, 0.4) is 0 Å². The lowest BCUT2D eigenvalue weighted by Gasteiger charge is -2.10. The van der Waals surface area contributed by atoms with Gasteiger partial charge in [-0.2, -0.15) is 0 Å². The van der Waals surface area contributed by atoms with Crippen LogP contribution in [0.25, 0.3) is 0 Å². The van der Waals surface area contributed by atoms with Gasteiger partial charge in [0.25, 0.3) is 0 Å². The first-order valence-electron chi connectivity index (χ1n) is 4.90. The lowest BCUT2D eigenvalue weighted by atomic mass is 10.3. The Morgan fingerprint density at radius 2 is 2.20 bits per heavy atom. The van der Waals surface area contributed by atoms with Gasteiger partial charge in [0, 0.05) is 11.0 Å². The second-order valence-corrected chi connectivity index (χ2v) is 4.79. The number of halogens is 2. The summed E-state index contributed by atoms with van der Waals surface area (Å²) in [5.41, 5.74) is 0.937. The van der Waals surface area contributed by atoms with Gasteiger partial charge in [0.05, 0.1) is 23.4 Å². The van der Waals surface area contributed by atoms with Crippen molar-refractivity contribution in [3.63, 3.8) is 0 Å². The lowest BCUT2D eigenvalue weighted by molar-refractivity contribution is 0.0870. The fourth-order valence-corrected chi connectivity index (χ4v) is 1.85. The van der Waals surface area contributed by atoms with Gasteiger partial charge in [-0.3, -0.25) is 0 Å². The molecule has 0 saturated carbocycles. The van der Waals surface area contributed by atoms with E-state index < -0.39 is 0 Å². The van der Waals surface area contributed by atoms with Crippen molar-refractivity contribution in [1.82, 2.24) is 0 Å². The van der Waals surface area contributed by atoms with Crippen molar-refractivity contribution in [3.05, 3.63) is 27.7 Å². The van der Waals surface area contributed by atoms with Crippen LogP contribution in [0.1, 0.15) is 13.8 Å². The number of anilines is 1. The Labute approximate surface area is 104 Å².